The van der Waals surface area contributed by atoms with Crippen LogP contribution in [0, 0.1) is 28.1 Å². The van der Waals surface area contributed by atoms with Crippen LogP contribution in [0.4, 0.5) is 20.2 Å². The fraction of sp³-hybridized carbons (Fsp3) is 0.538. The van der Waals surface area contributed by atoms with Crippen LogP contribution in [0.15, 0.2) is 41.3 Å². The summed E-state index contributed by atoms with van der Waals surface area (Å²) < 4.78 is 32.5. The third kappa shape index (κ3) is 5.19. The summed E-state index contributed by atoms with van der Waals surface area (Å²) in [4.78, 5) is 40.3. The largest absolute Gasteiger partial charge is 0.578 e. The summed E-state index contributed by atoms with van der Waals surface area (Å²) in [5, 5.41) is 26.9. The molecule has 4 N–H and O–H groups in total. The molecule has 3 fully saturated rings. The van der Waals surface area contributed by atoms with Crippen molar-refractivity contribution in [1.29, 1.82) is 0 Å². The summed E-state index contributed by atoms with van der Waals surface area (Å²) in [6.07, 6.45) is 3.80. The molecule has 0 saturated carbocycles. The Morgan fingerprint density at radius 3 is 2.50 bits per heavy atom. The second-order valence-corrected chi connectivity index (χ2v) is 11.2. The molecule has 5 aliphatic heterocycles. The summed E-state index contributed by atoms with van der Waals surface area (Å²) in [7, 11) is 0. The average molecular weight is 590 g/mol. The molecular weight excluding hydrogens is 556 g/mol. The van der Waals surface area contributed by atoms with Gasteiger partial charge in [0.1, 0.15) is 11.4 Å². The van der Waals surface area contributed by atoms with E-state index < -0.39 is 39.6 Å². The van der Waals surface area contributed by atoms with E-state index in [9.17, 15) is 24.4 Å². The van der Waals surface area contributed by atoms with E-state index in [1.54, 1.807) is 4.90 Å². The molecule has 6 rings (SSSR count). The van der Waals surface area contributed by atoms with E-state index in [4.69, 9.17) is 10.5 Å². The van der Waals surface area contributed by atoms with Gasteiger partial charge in [0, 0.05) is 45.2 Å². The lowest BCUT2D eigenvalue weighted by atomic mass is 9.94. The molecule has 0 aromatic carbocycles. The lowest BCUT2D eigenvalue weighted by molar-refractivity contribution is -1.42. The third-order valence-corrected chi connectivity index (χ3v) is 8.71. The van der Waals surface area contributed by atoms with Crippen molar-refractivity contribution in [3.8, 4) is 0 Å². The van der Waals surface area contributed by atoms with Crippen LogP contribution >= 0.6 is 0 Å². The van der Waals surface area contributed by atoms with Crippen LogP contribution in [-0.4, -0.2) is 102 Å². The Kier molecular flexibility index (Phi) is 7.77. The van der Waals surface area contributed by atoms with Gasteiger partial charge in [-0.25, -0.2) is 4.39 Å². The lowest BCUT2D eigenvalue weighted by Gasteiger charge is -2.44. The third-order valence-electron chi connectivity index (χ3n) is 8.71. The zero-order valence-electron chi connectivity index (χ0n) is 22.8. The Balaban J connectivity index is 1.11. The van der Waals surface area contributed by atoms with Crippen LogP contribution in [-0.2, 0) is 14.3 Å². The number of nitrogens with two attached hydrogens (primary N) is 1. The Bertz CT molecular complexity index is 1320. The first-order chi connectivity index (χ1) is 20.2. The number of piperazine rings is 1. The molecular formula is C26H33F2N9O5. The minimum Gasteiger partial charge on any atom is -0.578 e. The second-order valence-electron chi connectivity index (χ2n) is 11.2. The molecule has 2 amide bonds. The van der Waals surface area contributed by atoms with Gasteiger partial charge in [-0.05, 0) is 12.8 Å². The van der Waals surface area contributed by atoms with Crippen LogP contribution < -0.4 is 21.1 Å². The molecule has 0 spiro atoms. The van der Waals surface area contributed by atoms with E-state index in [1.165, 1.54) is 6.20 Å². The number of quaternary nitrogens is 2. The highest BCUT2D eigenvalue weighted by Gasteiger charge is 2.51. The number of ether oxygens (including phenoxy) is 1. The molecule has 14 nitrogen and oxygen atoms in total. The number of halogens is 2. The monoisotopic (exact) mass is 589 g/mol. The minimum absolute atomic E-state index is 0.0396. The number of fused-ring (bicyclic) bond motifs is 1. The summed E-state index contributed by atoms with van der Waals surface area (Å²) in [6, 6.07) is 0.445. The normalized spacial score (nSPS) is 30.7. The van der Waals surface area contributed by atoms with Crippen molar-refractivity contribution in [2.24, 2.45) is 22.6 Å². The van der Waals surface area contributed by atoms with Gasteiger partial charge in [-0.3, -0.25) is 30.2 Å². The molecule has 5 aliphatic rings. The Hall–Kier alpha value is -3.38. The number of nitrogens with zero attached hydrogens (tertiary/aromatic N) is 6. The molecule has 0 aliphatic carbocycles. The van der Waals surface area contributed by atoms with Gasteiger partial charge < -0.3 is 30.3 Å². The van der Waals surface area contributed by atoms with E-state index in [0.717, 1.165) is 44.9 Å². The molecule has 6 heterocycles. The van der Waals surface area contributed by atoms with Gasteiger partial charge in [-0.15, -0.1) is 0 Å². The molecule has 226 valence electrons. The number of aromatic nitrogens is 1. The van der Waals surface area contributed by atoms with Crippen molar-refractivity contribution < 1.29 is 33.0 Å². The van der Waals surface area contributed by atoms with E-state index in [2.05, 4.69) is 20.2 Å². The van der Waals surface area contributed by atoms with Crippen molar-refractivity contribution in [2.45, 2.75) is 25.0 Å². The van der Waals surface area contributed by atoms with Gasteiger partial charge >= 0.3 is 0 Å². The van der Waals surface area contributed by atoms with Gasteiger partial charge in [0.15, 0.2) is 30.0 Å². The number of anilines is 2. The first kappa shape index (κ1) is 28.7. The van der Waals surface area contributed by atoms with Crippen molar-refractivity contribution in [2.75, 3.05) is 62.7 Å². The number of pyridine rings is 1. The first-order valence-electron chi connectivity index (χ1n) is 14.0. The summed E-state index contributed by atoms with van der Waals surface area (Å²) in [5.74, 6) is -4.01. The van der Waals surface area contributed by atoms with Crippen LogP contribution in [0.1, 0.15) is 12.8 Å². The zero-order chi connectivity index (χ0) is 29.6. The van der Waals surface area contributed by atoms with Crippen LogP contribution in [0.3, 0.4) is 0 Å². The SMILES string of the molecule is NC1C(C(=O)Nc2cncc(F)c2N2CCC(C(=O)N3CCN(C4COC4)CC3)CC2)C2=C[N+]1([O-])[NH+]([O-])C=C(F)C=N2. The molecule has 1 aromatic rings. The predicted molar refractivity (Wildman–Crippen MR) is 146 cm³/mol. The summed E-state index contributed by atoms with van der Waals surface area (Å²) >= 11 is 0. The maximum atomic E-state index is 15.1. The number of hydrogen-bond acceptors (Lipinski definition) is 10. The quantitative estimate of drug-likeness (QED) is 0.294. The van der Waals surface area contributed by atoms with Crippen molar-refractivity contribution in [1.82, 2.24) is 14.8 Å². The van der Waals surface area contributed by atoms with Crippen molar-refractivity contribution in [3.63, 3.8) is 0 Å². The summed E-state index contributed by atoms with van der Waals surface area (Å²) in [6.45, 7) is 5.23. The number of aliphatic imine (C=N–C) groups is 1. The molecule has 1 aromatic heterocycles. The molecule has 4 atom stereocenters. The fourth-order valence-corrected chi connectivity index (χ4v) is 6.17. The van der Waals surface area contributed by atoms with E-state index in [-0.39, 0.29) is 28.9 Å². The lowest BCUT2D eigenvalue weighted by Crippen LogP contribution is -3.16. The number of piperidine rings is 1. The van der Waals surface area contributed by atoms with E-state index >= 15 is 4.39 Å². The molecule has 3 saturated heterocycles. The minimum atomic E-state index is -1.78. The fourth-order valence-electron chi connectivity index (χ4n) is 6.17. The standard InChI is InChI=1S/C26H33F2N9O5/c27-17-9-31-21-13-37(41,36(40)12-17)24(29)22(21)25(38)32-20-11-30-10-19(28)23(20)34-3-1-16(2-4-34)26(39)35-7-5-33(6-8-35)18-14-42-15-18/h9-13,16,18,22,24,36H,1-8,14-15,29H2,(H,32,38). The number of amides is 2. The number of carbonyl (C=O) groups excluding carboxylic acids is 2. The highest BCUT2D eigenvalue weighted by Crippen LogP contribution is 2.35. The van der Waals surface area contributed by atoms with Crippen molar-refractivity contribution in [3.05, 3.63) is 52.5 Å². The maximum absolute atomic E-state index is 15.1. The first-order valence-corrected chi connectivity index (χ1v) is 14.0. The van der Waals surface area contributed by atoms with Crippen molar-refractivity contribution >= 4 is 29.4 Å². The highest BCUT2D eigenvalue weighted by atomic mass is 19.1. The Labute approximate surface area is 240 Å². The van der Waals surface area contributed by atoms with Crippen LogP contribution in [0.25, 0.3) is 0 Å². The molecule has 42 heavy (non-hydrogen) atoms. The van der Waals surface area contributed by atoms with Gasteiger partial charge in [0.25, 0.3) is 0 Å². The predicted octanol–water partition coefficient (Wildman–Crippen LogP) is -0.818. The maximum Gasteiger partial charge on any atom is 0.241 e. The smallest absolute Gasteiger partial charge is 0.241 e. The van der Waals surface area contributed by atoms with E-state index in [0.29, 0.717) is 51.3 Å². The number of allylic oxidation sites excluding steroid dienone is 1. The van der Waals surface area contributed by atoms with Gasteiger partial charge in [0.05, 0.1) is 43.6 Å². The van der Waals surface area contributed by atoms with Gasteiger partial charge in [0.2, 0.25) is 18.0 Å². The average Bonchev–Trinajstić information content (AvgIpc) is 3.22. The molecule has 2 bridgehead atoms. The van der Waals surface area contributed by atoms with Gasteiger partial charge in [-0.2, -0.15) is 14.3 Å². The second kappa shape index (κ2) is 11.4. The zero-order valence-corrected chi connectivity index (χ0v) is 22.8. The summed E-state index contributed by atoms with van der Waals surface area (Å²) in [5.41, 5.74) is 6.00. The number of hydroxylamine groups is 3. The molecule has 16 heteroatoms. The molecule has 0 radical (unpaired) electrons. The van der Waals surface area contributed by atoms with Crippen LogP contribution in [0.2, 0.25) is 0 Å². The number of hydrogen-bond donors (Lipinski definition) is 3. The highest BCUT2D eigenvalue weighted by molar-refractivity contribution is 5.98. The number of carbonyl (C=O) groups is 2. The number of nitrogens with one attached hydrogen (secondary N) is 2. The molecule has 4 unspecified atom stereocenters. The Morgan fingerprint density at radius 1 is 1.12 bits per heavy atom. The number of rotatable bonds is 5. The topological polar surface area (TPSA) is 167 Å². The van der Waals surface area contributed by atoms with Gasteiger partial charge in [-0.1, -0.05) is 0 Å². The van der Waals surface area contributed by atoms with E-state index in [1.807, 2.05) is 4.90 Å². The van der Waals surface area contributed by atoms with Crippen LogP contribution in [0.5, 0.6) is 0 Å². The Morgan fingerprint density at radius 2 is 1.83 bits per heavy atom.